The van der Waals surface area contributed by atoms with Crippen LogP contribution < -0.4 is 0 Å². The molecule has 272 valence electrons. The van der Waals surface area contributed by atoms with Gasteiger partial charge in [-0.15, -0.1) is 0 Å². The second-order valence-electron chi connectivity index (χ2n) is 17.8. The molecule has 47 heavy (non-hydrogen) atoms. The van der Waals surface area contributed by atoms with Crippen molar-refractivity contribution in [2.24, 2.45) is 0 Å². The van der Waals surface area contributed by atoms with Gasteiger partial charge in [0.15, 0.2) is 25.0 Å². The summed E-state index contributed by atoms with van der Waals surface area (Å²) in [7, 11) is -6.28. The van der Waals surface area contributed by atoms with Gasteiger partial charge in [0.25, 0.3) is 0 Å². The maximum absolute atomic E-state index is 11.7. The van der Waals surface area contributed by atoms with E-state index >= 15 is 0 Å². The van der Waals surface area contributed by atoms with Crippen LogP contribution in [0.4, 0.5) is 0 Å². The fraction of sp³-hybridized carbons (Fsp3) is 0.718. The van der Waals surface area contributed by atoms with E-state index < -0.39 is 25.0 Å². The minimum absolute atomic E-state index is 0.0407. The van der Waals surface area contributed by atoms with Gasteiger partial charge in [0.05, 0.1) is 18.8 Å². The van der Waals surface area contributed by atoms with Gasteiger partial charge in [-0.2, -0.15) is 0 Å². The van der Waals surface area contributed by atoms with Crippen LogP contribution in [0.25, 0.3) is 0 Å². The smallest absolute Gasteiger partial charge is 0.330 e. The number of ether oxygens (including phenoxy) is 1. The van der Waals surface area contributed by atoms with Crippen LogP contribution in [0.3, 0.4) is 0 Å². The summed E-state index contributed by atoms with van der Waals surface area (Å²) < 4.78 is 26.4. The molecule has 0 rings (SSSR count). The Hall–Kier alpha value is -1.30. The zero-order valence-corrected chi connectivity index (χ0v) is 37.2. The quantitative estimate of drug-likeness (QED) is 0.0692. The highest BCUT2D eigenvalue weighted by Gasteiger charge is 2.45. The van der Waals surface area contributed by atoms with E-state index in [9.17, 15) is 4.79 Å². The summed E-state index contributed by atoms with van der Waals surface area (Å²) in [5.74, 6) is -0.325. The van der Waals surface area contributed by atoms with E-state index in [1.54, 1.807) is 13.0 Å². The third-order valence-corrected chi connectivity index (χ3v) is 23.7. The molecule has 0 unspecified atom stereocenters. The number of rotatable bonds is 16. The number of hydrogen-bond donors (Lipinski definition) is 0. The highest BCUT2D eigenvalue weighted by molar-refractivity contribution is 6.75. The van der Waals surface area contributed by atoms with Crippen molar-refractivity contribution in [3.8, 4) is 0 Å². The van der Waals surface area contributed by atoms with Crippen LogP contribution in [0.2, 0.25) is 54.4 Å². The average Bonchev–Trinajstić information content (AvgIpc) is 2.84. The largest absolute Gasteiger partial charge is 0.463 e. The SMILES string of the molecule is CCOC(=O)C=CC(C)=CC(C)=CC=CC(C)=C[C@@H](O[Si](C)(C)C(C)(C)C)[C@@H](C[C@@H](C)O[Si](C)(C)C(C)(C)C)O[Si](C)(C)C(C)(C)C. The lowest BCUT2D eigenvalue weighted by atomic mass is 10.0. The standard InChI is InChI=1S/C39H74O5Si3/c1-21-41-36(40)26-25-32(4)27-30(2)23-22-24-31(3)28-34(43-46(17,18)38(9,10)11)35(44-47(19,20)39(12,13)14)29-33(5)42-45(15,16)37(6,7)8/h22-28,33-35H,21,29H2,1-20H3/t33-,34-,35-/m1/s1. The molecular formula is C39H74O5Si3. The van der Waals surface area contributed by atoms with E-state index in [0.29, 0.717) is 6.61 Å². The molecule has 8 heteroatoms. The van der Waals surface area contributed by atoms with E-state index in [1.807, 2.05) is 6.92 Å². The number of carbonyl (C=O) groups is 1. The molecule has 3 atom stereocenters. The van der Waals surface area contributed by atoms with Crippen LogP contribution in [0.1, 0.15) is 103 Å². The van der Waals surface area contributed by atoms with Gasteiger partial charge in [0.2, 0.25) is 0 Å². The van der Waals surface area contributed by atoms with Gasteiger partial charge in [-0.05, 0) is 95.4 Å². The molecule has 0 bridgehead atoms. The van der Waals surface area contributed by atoms with Crippen LogP contribution in [0, 0.1) is 0 Å². The molecule has 0 aromatic carbocycles. The van der Waals surface area contributed by atoms with E-state index in [1.165, 1.54) is 6.08 Å². The minimum atomic E-state index is -2.16. The Morgan fingerprint density at radius 3 is 1.60 bits per heavy atom. The molecule has 0 heterocycles. The van der Waals surface area contributed by atoms with Gasteiger partial charge in [-0.3, -0.25) is 0 Å². The summed E-state index contributed by atoms with van der Waals surface area (Å²) in [6, 6.07) is 0. The lowest BCUT2D eigenvalue weighted by molar-refractivity contribution is -0.137. The first-order chi connectivity index (χ1) is 21.0. The molecule has 0 spiro atoms. The molecular weight excluding hydrogens is 633 g/mol. The van der Waals surface area contributed by atoms with Crippen molar-refractivity contribution in [3.05, 3.63) is 59.3 Å². The van der Waals surface area contributed by atoms with Crippen molar-refractivity contribution >= 4 is 30.9 Å². The third-order valence-electron chi connectivity index (χ3n) is 10.1. The summed E-state index contributed by atoms with van der Waals surface area (Å²) in [5.41, 5.74) is 3.20. The number of hydrogen-bond acceptors (Lipinski definition) is 5. The molecule has 5 nitrogen and oxygen atoms in total. The molecule has 0 aromatic rings. The molecule has 0 aromatic heterocycles. The predicted molar refractivity (Wildman–Crippen MR) is 213 cm³/mol. The van der Waals surface area contributed by atoms with Crippen LogP contribution in [-0.4, -0.2) is 55.8 Å². The number of carbonyl (C=O) groups excluding carboxylic acids is 1. The van der Waals surface area contributed by atoms with Gasteiger partial charge in [0, 0.05) is 12.2 Å². The summed E-state index contributed by atoms with van der Waals surface area (Å²) in [6.45, 7) is 45.2. The van der Waals surface area contributed by atoms with E-state index in [-0.39, 0.29) is 39.4 Å². The lowest BCUT2D eigenvalue weighted by Crippen LogP contribution is -2.52. The van der Waals surface area contributed by atoms with Crippen LogP contribution in [-0.2, 0) is 22.8 Å². The molecule has 0 saturated carbocycles. The van der Waals surface area contributed by atoms with E-state index in [4.69, 9.17) is 18.0 Å². The Kier molecular flexibility index (Phi) is 17.6. The molecule has 0 fully saturated rings. The predicted octanol–water partition coefficient (Wildman–Crippen LogP) is 12.1. The van der Waals surface area contributed by atoms with Crippen molar-refractivity contribution in [3.63, 3.8) is 0 Å². The Bertz CT molecular complexity index is 1150. The third kappa shape index (κ3) is 16.3. The summed E-state index contributed by atoms with van der Waals surface area (Å²) in [5, 5.41) is 0.250. The zero-order valence-electron chi connectivity index (χ0n) is 34.2. The fourth-order valence-electron chi connectivity index (χ4n) is 4.11. The van der Waals surface area contributed by atoms with Gasteiger partial charge < -0.3 is 18.0 Å². The summed E-state index contributed by atoms with van der Waals surface area (Å²) in [4.78, 5) is 11.7. The summed E-state index contributed by atoms with van der Waals surface area (Å²) in [6.07, 6.45) is 14.4. The minimum Gasteiger partial charge on any atom is -0.463 e. The number of allylic oxidation sites excluding steroid dienone is 8. The maximum atomic E-state index is 11.7. The van der Waals surface area contributed by atoms with Crippen LogP contribution in [0.5, 0.6) is 0 Å². The second kappa shape index (κ2) is 18.1. The maximum Gasteiger partial charge on any atom is 0.330 e. The average molecular weight is 707 g/mol. The highest BCUT2D eigenvalue weighted by Crippen LogP contribution is 2.42. The Labute approximate surface area is 294 Å². The van der Waals surface area contributed by atoms with Crippen molar-refractivity contribution in [1.29, 1.82) is 0 Å². The first-order valence-corrected chi connectivity index (χ1v) is 26.3. The van der Waals surface area contributed by atoms with Gasteiger partial charge in [-0.1, -0.05) is 115 Å². The summed E-state index contributed by atoms with van der Waals surface area (Å²) >= 11 is 0. The van der Waals surface area contributed by atoms with E-state index in [2.05, 4.69) is 153 Å². The van der Waals surface area contributed by atoms with Crippen molar-refractivity contribution in [1.82, 2.24) is 0 Å². The molecule has 0 amide bonds. The first-order valence-electron chi connectivity index (χ1n) is 17.6. The monoisotopic (exact) mass is 706 g/mol. The fourth-order valence-corrected chi connectivity index (χ4v) is 8.16. The van der Waals surface area contributed by atoms with Gasteiger partial charge in [0.1, 0.15) is 0 Å². The lowest BCUT2D eigenvalue weighted by Gasteiger charge is -2.46. The van der Waals surface area contributed by atoms with Crippen molar-refractivity contribution in [2.45, 2.75) is 176 Å². The van der Waals surface area contributed by atoms with Crippen molar-refractivity contribution < 1.29 is 22.8 Å². The van der Waals surface area contributed by atoms with Crippen LogP contribution >= 0.6 is 0 Å². The van der Waals surface area contributed by atoms with Gasteiger partial charge in [-0.25, -0.2) is 4.79 Å². The zero-order chi connectivity index (χ0) is 37.2. The molecule has 0 N–H and O–H groups in total. The van der Waals surface area contributed by atoms with Crippen LogP contribution in [0.15, 0.2) is 59.3 Å². The Balaban J connectivity index is 6.73. The molecule has 0 aliphatic heterocycles. The number of esters is 1. The van der Waals surface area contributed by atoms with Gasteiger partial charge >= 0.3 is 5.97 Å². The Morgan fingerprint density at radius 1 is 0.660 bits per heavy atom. The molecule has 0 radical (unpaired) electrons. The first kappa shape index (κ1) is 45.7. The Morgan fingerprint density at radius 2 is 1.13 bits per heavy atom. The second-order valence-corrected chi connectivity index (χ2v) is 32.1. The topological polar surface area (TPSA) is 54.0 Å². The molecule has 0 aliphatic carbocycles. The van der Waals surface area contributed by atoms with E-state index in [0.717, 1.165) is 23.1 Å². The van der Waals surface area contributed by atoms with Crippen molar-refractivity contribution in [2.75, 3.05) is 6.61 Å². The molecule has 0 aliphatic rings. The normalized spacial score (nSPS) is 17.4. The molecule has 0 saturated heterocycles. The highest BCUT2D eigenvalue weighted by atomic mass is 28.4.